The van der Waals surface area contributed by atoms with Gasteiger partial charge in [0.1, 0.15) is 23.6 Å². The Labute approximate surface area is 209 Å². The lowest BCUT2D eigenvalue weighted by Crippen LogP contribution is -2.13. The normalized spacial score (nSPS) is 10.9. The molecule has 0 bridgehead atoms. The summed E-state index contributed by atoms with van der Waals surface area (Å²) in [4.78, 5) is 17.8. The lowest BCUT2D eigenvalue weighted by Gasteiger charge is -2.12. The summed E-state index contributed by atoms with van der Waals surface area (Å²) in [5.41, 5.74) is 6.59. The van der Waals surface area contributed by atoms with Crippen molar-refractivity contribution in [2.45, 2.75) is 20.5 Å². The second-order valence-corrected chi connectivity index (χ2v) is 8.59. The first-order valence-corrected chi connectivity index (χ1v) is 11.6. The molecule has 1 amide bonds. The summed E-state index contributed by atoms with van der Waals surface area (Å²) in [6.07, 6.45) is 0. The number of amides is 1. The first kappa shape index (κ1) is 23.2. The number of aromatic nitrogens is 1. The fourth-order valence-electron chi connectivity index (χ4n) is 3.90. The molecule has 0 radical (unpaired) electrons. The summed E-state index contributed by atoms with van der Waals surface area (Å²) in [6.45, 7) is 4.51. The van der Waals surface area contributed by atoms with E-state index < -0.39 is 0 Å². The van der Waals surface area contributed by atoms with Gasteiger partial charge in [0.25, 0.3) is 5.91 Å². The van der Waals surface area contributed by atoms with E-state index in [0.717, 1.165) is 33.4 Å². The number of rotatable bonds is 7. The molecule has 0 aliphatic rings. The van der Waals surface area contributed by atoms with Crippen LogP contribution < -0.4 is 14.8 Å². The average molecular weight is 479 g/mol. The van der Waals surface area contributed by atoms with E-state index in [1.165, 1.54) is 0 Å². The van der Waals surface area contributed by atoms with Gasteiger partial charge in [-0.15, -0.1) is 0 Å². The molecule has 4 aromatic carbocycles. The van der Waals surface area contributed by atoms with Gasteiger partial charge in [0.15, 0.2) is 5.58 Å². The molecular weight excluding hydrogens is 452 g/mol. The number of methoxy groups -OCH3 is 1. The lowest BCUT2D eigenvalue weighted by molar-refractivity contribution is 0.102. The van der Waals surface area contributed by atoms with Crippen molar-refractivity contribution < 1.29 is 18.7 Å². The standard InChI is InChI=1S/C30H26N2O4/c1-19-14-25-28(15-20(19)2)36-30(32-25)23-12-13-27(34-3)26(17-23)31-29(33)22-10-7-11-24(16-22)35-18-21-8-5-4-6-9-21/h4-17H,18H2,1-3H3,(H,31,33). The van der Waals surface area contributed by atoms with Gasteiger partial charge in [-0.3, -0.25) is 4.79 Å². The number of fused-ring (bicyclic) bond motifs is 1. The van der Waals surface area contributed by atoms with Crippen LogP contribution in [0.15, 0.2) is 89.3 Å². The van der Waals surface area contributed by atoms with Crippen LogP contribution in [0.3, 0.4) is 0 Å². The number of carbonyl (C=O) groups excluding carboxylic acids is 1. The third-order valence-electron chi connectivity index (χ3n) is 6.04. The lowest BCUT2D eigenvalue weighted by atomic mass is 10.1. The molecule has 0 spiro atoms. The molecule has 0 fully saturated rings. The number of benzene rings is 4. The average Bonchev–Trinajstić information content (AvgIpc) is 3.31. The van der Waals surface area contributed by atoms with Crippen LogP contribution in [-0.4, -0.2) is 18.0 Å². The molecule has 1 aromatic heterocycles. The first-order chi connectivity index (χ1) is 17.5. The van der Waals surface area contributed by atoms with Gasteiger partial charge in [-0.1, -0.05) is 36.4 Å². The van der Waals surface area contributed by atoms with Crippen LogP contribution in [0.5, 0.6) is 11.5 Å². The highest BCUT2D eigenvalue weighted by Crippen LogP contribution is 2.33. The molecule has 0 unspecified atom stereocenters. The monoisotopic (exact) mass is 478 g/mol. The zero-order valence-electron chi connectivity index (χ0n) is 20.4. The second-order valence-electron chi connectivity index (χ2n) is 8.59. The molecule has 1 heterocycles. The second kappa shape index (κ2) is 9.96. The number of hydrogen-bond donors (Lipinski definition) is 1. The fourth-order valence-corrected chi connectivity index (χ4v) is 3.90. The Morgan fingerprint density at radius 1 is 0.917 bits per heavy atom. The largest absolute Gasteiger partial charge is 0.495 e. The maximum Gasteiger partial charge on any atom is 0.255 e. The number of oxazole rings is 1. The van der Waals surface area contributed by atoms with Crippen molar-refractivity contribution in [2.75, 3.05) is 12.4 Å². The number of nitrogens with one attached hydrogen (secondary N) is 1. The number of hydrogen-bond acceptors (Lipinski definition) is 5. The molecule has 1 N–H and O–H groups in total. The summed E-state index contributed by atoms with van der Waals surface area (Å²) < 4.78 is 17.4. The van der Waals surface area contributed by atoms with Crippen molar-refractivity contribution >= 4 is 22.7 Å². The zero-order valence-corrected chi connectivity index (χ0v) is 20.4. The van der Waals surface area contributed by atoms with Crippen LogP contribution in [0.2, 0.25) is 0 Å². The Kier molecular flexibility index (Phi) is 6.41. The van der Waals surface area contributed by atoms with Crippen molar-refractivity contribution in [1.82, 2.24) is 4.98 Å². The van der Waals surface area contributed by atoms with Gasteiger partial charge in [-0.25, -0.2) is 4.98 Å². The minimum Gasteiger partial charge on any atom is -0.495 e. The van der Waals surface area contributed by atoms with Gasteiger partial charge in [-0.2, -0.15) is 0 Å². The Morgan fingerprint density at radius 2 is 1.72 bits per heavy atom. The SMILES string of the molecule is COc1ccc(-c2nc3cc(C)c(C)cc3o2)cc1NC(=O)c1cccc(OCc2ccccc2)c1. The van der Waals surface area contributed by atoms with Crippen LogP contribution in [0.4, 0.5) is 5.69 Å². The molecule has 5 aromatic rings. The summed E-state index contributed by atoms with van der Waals surface area (Å²) >= 11 is 0. The smallest absolute Gasteiger partial charge is 0.255 e. The summed E-state index contributed by atoms with van der Waals surface area (Å²) in [7, 11) is 1.56. The Hall–Kier alpha value is -4.58. The van der Waals surface area contributed by atoms with Crippen molar-refractivity contribution in [3.05, 3.63) is 107 Å². The van der Waals surface area contributed by atoms with Crippen LogP contribution in [0.1, 0.15) is 27.0 Å². The molecule has 6 nitrogen and oxygen atoms in total. The Balaban J connectivity index is 1.37. The Morgan fingerprint density at radius 3 is 2.53 bits per heavy atom. The maximum absolute atomic E-state index is 13.1. The molecule has 180 valence electrons. The first-order valence-electron chi connectivity index (χ1n) is 11.6. The minimum absolute atomic E-state index is 0.278. The van der Waals surface area contributed by atoms with Crippen molar-refractivity contribution in [3.63, 3.8) is 0 Å². The molecule has 6 heteroatoms. The van der Waals surface area contributed by atoms with Crippen molar-refractivity contribution in [1.29, 1.82) is 0 Å². The molecular formula is C30H26N2O4. The van der Waals surface area contributed by atoms with E-state index >= 15 is 0 Å². The van der Waals surface area contributed by atoms with E-state index in [2.05, 4.69) is 10.3 Å². The summed E-state index contributed by atoms with van der Waals surface area (Å²) in [6, 6.07) is 26.4. The highest BCUT2D eigenvalue weighted by atomic mass is 16.5. The maximum atomic E-state index is 13.1. The van der Waals surface area contributed by atoms with Crippen LogP contribution in [0, 0.1) is 13.8 Å². The fraction of sp³-hybridized carbons (Fsp3) is 0.133. The third kappa shape index (κ3) is 4.93. The number of anilines is 1. The van der Waals surface area contributed by atoms with Gasteiger partial charge >= 0.3 is 0 Å². The summed E-state index contributed by atoms with van der Waals surface area (Å²) in [5.74, 6) is 1.35. The van der Waals surface area contributed by atoms with Gasteiger partial charge in [-0.05, 0) is 79.1 Å². The van der Waals surface area contributed by atoms with E-state index in [4.69, 9.17) is 13.9 Å². The van der Waals surface area contributed by atoms with Gasteiger partial charge in [0.2, 0.25) is 5.89 Å². The molecule has 0 aliphatic heterocycles. The molecule has 0 aliphatic carbocycles. The van der Waals surface area contributed by atoms with Crippen LogP contribution in [0.25, 0.3) is 22.6 Å². The van der Waals surface area contributed by atoms with E-state index in [9.17, 15) is 4.79 Å². The van der Waals surface area contributed by atoms with E-state index in [-0.39, 0.29) is 5.91 Å². The predicted octanol–water partition coefficient (Wildman–Crippen LogP) is 6.95. The predicted molar refractivity (Wildman–Crippen MR) is 141 cm³/mol. The molecule has 0 saturated carbocycles. The number of aryl methyl sites for hydroxylation is 2. The highest BCUT2D eigenvalue weighted by Gasteiger charge is 2.15. The third-order valence-corrected chi connectivity index (χ3v) is 6.04. The van der Waals surface area contributed by atoms with E-state index in [1.807, 2.05) is 68.4 Å². The topological polar surface area (TPSA) is 73.6 Å². The van der Waals surface area contributed by atoms with Gasteiger partial charge in [0.05, 0.1) is 12.8 Å². The van der Waals surface area contributed by atoms with E-state index in [0.29, 0.717) is 35.2 Å². The zero-order chi connectivity index (χ0) is 25.1. The van der Waals surface area contributed by atoms with Crippen LogP contribution >= 0.6 is 0 Å². The molecule has 5 rings (SSSR count). The number of carbonyl (C=O) groups is 1. The van der Waals surface area contributed by atoms with Gasteiger partial charge in [0, 0.05) is 11.1 Å². The Bertz CT molecular complexity index is 1500. The summed E-state index contributed by atoms with van der Waals surface area (Å²) in [5, 5.41) is 2.95. The quantitative estimate of drug-likeness (QED) is 0.274. The van der Waals surface area contributed by atoms with E-state index in [1.54, 1.807) is 37.4 Å². The van der Waals surface area contributed by atoms with Crippen molar-refractivity contribution in [2.24, 2.45) is 0 Å². The number of ether oxygens (including phenoxy) is 2. The minimum atomic E-state index is -0.278. The molecule has 0 saturated heterocycles. The molecule has 36 heavy (non-hydrogen) atoms. The van der Waals surface area contributed by atoms with Gasteiger partial charge < -0.3 is 19.2 Å². The number of nitrogens with zero attached hydrogens (tertiary/aromatic N) is 1. The van der Waals surface area contributed by atoms with Crippen LogP contribution in [-0.2, 0) is 6.61 Å². The van der Waals surface area contributed by atoms with Crippen molar-refractivity contribution in [3.8, 4) is 23.0 Å². The highest BCUT2D eigenvalue weighted by molar-refractivity contribution is 6.05. The molecule has 0 atom stereocenters.